The summed E-state index contributed by atoms with van der Waals surface area (Å²) in [4.78, 5) is 14.3. The average Bonchev–Trinajstić information content (AvgIpc) is 2.95. The van der Waals surface area contributed by atoms with Crippen molar-refractivity contribution >= 4 is 5.91 Å². The summed E-state index contributed by atoms with van der Waals surface area (Å²) in [7, 11) is 1.84. The molecule has 2 heterocycles. The van der Waals surface area contributed by atoms with Gasteiger partial charge < -0.3 is 4.90 Å². The number of likely N-dealkylation sites (tertiary alicyclic amines) is 1. The van der Waals surface area contributed by atoms with E-state index in [0.29, 0.717) is 11.5 Å². The predicted octanol–water partition coefficient (Wildman–Crippen LogP) is 2.52. The van der Waals surface area contributed by atoms with Gasteiger partial charge in [-0.25, -0.2) is 0 Å². The lowest BCUT2D eigenvalue weighted by atomic mass is 9.90. The maximum absolute atomic E-state index is 12.4. The predicted molar refractivity (Wildman–Crippen MR) is 82.0 cm³/mol. The van der Waals surface area contributed by atoms with Gasteiger partial charge in [-0.15, -0.1) is 0 Å². The fraction of sp³-hybridized carbons (Fsp3) is 0.412. The molecule has 3 rings (SSSR count). The Morgan fingerprint density at radius 1 is 1.24 bits per heavy atom. The monoisotopic (exact) mass is 283 g/mol. The molecule has 1 aromatic carbocycles. The van der Waals surface area contributed by atoms with Crippen molar-refractivity contribution in [3.8, 4) is 0 Å². The minimum Gasteiger partial charge on any atom is -0.339 e. The normalized spacial score (nSPS) is 16.1. The van der Waals surface area contributed by atoms with Crippen LogP contribution in [0.1, 0.15) is 28.8 Å². The Labute approximate surface area is 125 Å². The zero-order valence-electron chi connectivity index (χ0n) is 12.4. The minimum atomic E-state index is 0.112. The number of carbonyl (C=O) groups excluding carboxylic acids is 1. The van der Waals surface area contributed by atoms with Crippen LogP contribution in [-0.4, -0.2) is 33.7 Å². The summed E-state index contributed by atoms with van der Waals surface area (Å²) in [5.41, 5.74) is 2.09. The molecule has 21 heavy (non-hydrogen) atoms. The Morgan fingerprint density at radius 2 is 1.95 bits per heavy atom. The lowest BCUT2D eigenvalue weighted by Gasteiger charge is -2.31. The molecule has 110 valence electrons. The van der Waals surface area contributed by atoms with Gasteiger partial charge in [0.15, 0.2) is 0 Å². The van der Waals surface area contributed by atoms with Crippen LogP contribution in [-0.2, 0) is 13.5 Å². The van der Waals surface area contributed by atoms with Gasteiger partial charge in [0.05, 0.1) is 11.8 Å². The van der Waals surface area contributed by atoms with Crippen LogP contribution >= 0.6 is 0 Å². The molecule has 0 aliphatic carbocycles. The molecular formula is C17H21N3O. The molecule has 1 saturated heterocycles. The quantitative estimate of drug-likeness (QED) is 0.868. The molecule has 0 atom stereocenters. The zero-order valence-corrected chi connectivity index (χ0v) is 12.4. The van der Waals surface area contributed by atoms with Gasteiger partial charge in [0.1, 0.15) is 0 Å². The fourth-order valence-corrected chi connectivity index (χ4v) is 3.00. The van der Waals surface area contributed by atoms with Crippen molar-refractivity contribution in [2.45, 2.75) is 19.3 Å². The second-order valence-corrected chi connectivity index (χ2v) is 5.83. The van der Waals surface area contributed by atoms with Crippen LogP contribution in [0.4, 0.5) is 0 Å². The first-order valence-corrected chi connectivity index (χ1v) is 7.54. The molecule has 0 bridgehead atoms. The van der Waals surface area contributed by atoms with E-state index < -0.39 is 0 Å². The van der Waals surface area contributed by atoms with E-state index >= 15 is 0 Å². The molecular weight excluding hydrogens is 262 g/mol. The number of carbonyl (C=O) groups is 1. The van der Waals surface area contributed by atoms with Gasteiger partial charge >= 0.3 is 0 Å². The van der Waals surface area contributed by atoms with Gasteiger partial charge in [-0.3, -0.25) is 9.48 Å². The van der Waals surface area contributed by atoms with Crippen LogP contribution < -0.4 is 0 Å². The number of piperidine rings is 1. The summed E-state index contributed by atoms with van der Waals surface area (Å²) < 4.78 is 1.68. The van der Waals surface area contributed by atoms with E-state index in [4.69, 9.17) is 0 Å². The molecule has 4 nitrogen and oxygen atoms in total. The molecule has 2 aromatic rings. The number of aryl methyl sites for hydroxylation is 1. The van der Waals surface area contributed by atoms with Crippen molar-refractivity contribution in [3.63, 3.8) is 0 Å². The van der Waals surface area contributed by atoms with Gasteiger partial charge in [0, 0.05) is 26.3 Å². The Morgan fingerprint density at radius 3 is 2.57 bits per heavy atom. The number of hydrogen-bond donors (Lipinski definition) is 0. The molecule has 1 aliphatic heterocycles. The summed E-state index contributed by atoms with van der Waals surface area (Å²) in [6.07, 6.45) is 6.73. The lowest BCUT2D eigenvalue weighted by molar-refractivity contribution is 0.0690. The number of hydrogen-bond acceptors (Lipinski definition) is 2. The second-order valence-electron chi connectivity index (χ2n) is 5.83. The number of amides is 1. The Kier molecular flexibility index (Phi) is 4.04. The Balaban J connectivity index is 1.54. The highest BCUT2D eigenvalue weighted by atomic mass is 16.2. The SMILES string of the molecule is Cn1cc(C(=O)N2CCC(Cc3ccccc3)CC2)cn1. The van der Waals surface area contributed by atoms with Crippen LogP contribution in [0.25, 0.3) is 0 Å². The molecule has 1 amide bonds. The van der Waals surface area contributed by atoms with Crippen molar-refractivity contribution in [3.05, 3.63) is 53.9 Å². The fourth-order valence-electron chi connectivity index (χ4n) is 3.00. The molecule has 0 spiro atoms. The van der Waals surface area contributed by atoms with E-state index in [-0.39, 0.29) is 5.91 Å². The first-order valence-electron chi connectivity index (χ1n) is 7.54. The number of nitrogens with zero attached hydrogens (tertiary/aromatic N) is 3. The van der Waals surface area contributed by atoms with Gasteiger partial charge in [-0.1, -0.05) is 30.3 Å². The highest BCUT2D eigenvalue weighted by Gasteiger charge is 2.24. The maximum atomic E-state index is 12.4. The maximum Gasteiger partial charge on any atom is 0.257 e. The van der Waals surface area contributed by atoms with Crippen molar-refractivity contribution in [2.24, 2.45) is 13.0 Å². The summed E-state index contributed by atoms with van der Waals surface area (Å²) in [5, 5.41) is 4.07. The minimum absolute atomic E-state index is 0.112. The van der Waals surface area contributed by atoms with Gasteiger partial charge in [-0.05, 0) is 30.7 Å². The van der Waals surface area contributed by atoms with Crippen LogP contribution in [0.5, 0.6) is 0 Å². The molecule has 1 aromatic heterocycles. The van der Waals surface area contributed by atoms with E-state index in [9.17, 15) is 4.79 Å². The summed E-state index contributed by atoms with van der Waals surface area (Å²) in [6, 6.07) is 10.6. The average molecular weight is 283 g/mol. The molecule has 1 aliphatic rings. The summed E-state index contributed by atoms with van der Waals surface area (Å²) in [6.45, 7) is 1.70. The van der Waals surface area contributed by atoms with E-state index in [1.54, 1.807) is 17.1 Å². The first-order chi connectivity index (χ1) is 10.2. The summed E-state index contributed by atoms with van der Waals surface area (Å²) >= 11 is 0. The molecule has 0 radical (unpaired) electrons. The highest BCUT2D eigenvalue weighted by Crippen LogP contribution is 2.22. The van der Waals surface area contributed by atoms with Crippen molar-refractivity contribution in [1.82, 2.24) is 14.7 Å². The van der Waals surface area contributed by atoms with E-state index in [2.05, 4.69) is 35.4 Å². The Bertz CT molecular complexity index is 598. The van der Waals surface area contributed by atoms with Crippen LogP contribution in [0.2, 0.25) is 0 Å². The molecule has 0 N–H and O–H groups in total. The van der Waals surface area contributed by atoms with Crippen LogP contribution in [0.3, 0.4) is 0 Å². The third-order valence-corrected chi connectivity index (χ3v) is 4.22. The number of benzene rings is 1. The molecule has 1 fully saturated rings. The standard InChI is InChI=1S/C17H21N3O/c1-19-13-16(12-18-19)17(21)20-9-7-15(8-10-20)11-14-5-3-2-4-6-14/h2-6,12-13,15H,7-11H2,1H3. The molecule has 0 unspecified atom stereocenters. The van der Waals surface area contributed by atoms with Crippen LogP contribution in [0, 0.1) is 5.92 Å². The topological polar surface area (TPSA) is 38.1 Å². The smallest absolute Gasteiger partial charge is 0.257 e. The zero-order chi connectivity index (χ0) is 14.7. The third kappa shape index (κ3) is 3.32. The highest BCUT2D eigenvalue weighted by molar-refractivity contribution is 5.93. The van der Waals surface area contributed by atoms with E-state index in [0.717, 1.165) is 32.4 Å². The number of aromatic nitrogens is 2. The summed E-state index contributed by atoms with van der Waals surface area (Å²) in [5.74, 6) is 0.798. The second kappa shape index (κ2) is 6.12. The lowest BCUT2D eigenvalue weighted by Crippen LogP contribution is -2.38. The van der Waals surface area contributed by atoms with E-state index in [1.807, 2.05) is 11.9 Å². The third-order valence-electron chi connectivity index (χ3n) is 4.22. The van der Waals surface area contributed by atoms with Gasteiger partial charge in [-0.2, -0.15) is 5.10 Å². The first kappa shape index (κ1) is 13.9. The van der Waals surface area contributed by atoms with Crippen molar-refractivity contribution < 1.29 is 4.79 Å². The van der Waals surface area contributed by atoms with Crippen molar-refractivity contribution in [2.75, 3.05) is 13.1 Å². The molecule has 4 heteroatoms. The van der Waals surface area contributed by atoms with Crippen LogP contribution in [0.15, 0.2) is 42.7 Å². The molecule has 0 saturated carbocycles. The van der Waals surface area contributed by atoms with E-state index in [1.165, 1.54) is 5.56 Å². The largest absolute Gasteiger partial charge is 0.339 e. The van der Waals surface area contributed by atoms with Gasteiger partial charge in [0.2, 0.25) is 0 Å². The van der Waals surface area contributed by atoms with Gasteiger partial charge in [0.25, 0.3) is 5.91 Å². The number of rotatable bonds is 3. The van der Waals surface area contributed by atoms with Crippen molar-refractivity contribution in [1.29, 1.82) is 0 Å². The Hall–Kier alpha value is -2.10.